The molecule has 0 fully saturated rings. The molecule has 0 aliphatic carbocycles. The normalized spacial score (nSPS) is 17.5. The summed E-state index contributed by atoms with van der Waals surface area (Å²) in [4.78, 5) is 29.0. The van der Waals surface area contributed by atoms with Gasteiger partial charge in [-0.05, 0) is 43.0 Å². The molecule has 6 nitrogen and oxygen atoms in total. The van der Waals surface area contributed by atoms with Crippen LogP contribution in [0.5, 0.6) is 0 Å². The molecule has 2 aromatic rings. The molecule has 2 heterocycles. The van der Waals surface area contributed by atoms with Crippen LogP contribution in [0.4, 0.5) is 5.00 Å². The molecule has 152 valence electrons. The lowest BCUT2D eigenvalue weighted by molar-refractivity contribution is -0.123. The number of hydrogen-bond acceptors (Lipinski definition) is 5. The number of amides is 1. The van der Waals surface area contributed by atoms with Crippen molar-refractivity contribution in [3.05, 3.63) is 51.6 Å². The molecule has 1 aliphatic heterocycles. The number of rotatable bonds is 6. The van der Waals surface area contributed by atoms with Crippen LogP contribution in [0.15, 0.2) is 46.0 Å². The zero-order valence-electron chi connectivity index (χ0n) is 16.3. The molecule has 0 saturated carbocycles. The molecule has 0 saturated heterocycles. The summed E-state index contributed by atoms with van der Waals surface area (Å²) in [5, 5.41) is 14.9. The number of carbonyl (C=O) groups excluding carboxylic acids is 1. The van der Waals surface area contributed by atoms with E-state index in [0.29, 0.717) is 28.3 Å². The van der Waals surface area contributed by atoms with Gasteiger partial charge in [0, 0.05) is 16.0 Å². The van der Waals surface area contributed by atoms with E-state index in [2.05, 4.69) is 10.3 Å². The van der Waals surface area contributed by atoms with Gasteiger partial charge >= 0.3 is 5.97 Å². The molecule has 29 heavy (non-hydrogen) atoms. The fraction of sp³-hybridized carbons (Fsp3) is 0.286. The Balaban J connectivity index is 1.87. The van der Waals surface area contributed by atoms with Crippen LogP contribution in [-0.4, -0.2) is 28.9 Å². The Kier molecular flexibility index (Phi) is 6.39. The number of carboxylic acid groups (broad SMARTS) is 1. The topological polar surface area (TPSA) is 88.0 Å². The quantitative estimate of drug-likeness (QED) is 0.622. The van der Waals surface area contributed by atoms with E-state index in [9.17, 15) is 14.7 Å². The number of aromatic carboxylic acids is 1. The van der Waals surface area contributed by atoms with E-state index in [0.717, 1.165) is 29.0 Å². The molecular formula is C21H21ClN2O4S. The minimum atomic E-state index is -1.13. The molecule has 0 spiro atoms. The van der Waals surface area contributed by atoms with Gasteiger partial charge in [0.05, 0.1) is 5.71 Å². The number of halogens is 1. The summed E-state index contributed by atoms with van der Waals surface area (Å²) in [7, 11) is 0. The SMILES string of the molecule is CCC1=NC(C(=O)Nc2scc(-c3ccc(Cl)cc3)c2C(=O)O)O/C1=C(\C)CC. The molecular weight excluding hydrogens is 412 g/mol. The highest BCUT2D eigenvalue weighted by Gasteiger charge is 2.31. The van der Waals surface area contributed by atoms with E-state index in [1.165, 1.54) is 0 Å². The van der Waals surface area contributed by atoms with Crippen molar-refractivity contribution in [1.82, 2.24) is 0 Å². The number of nitrogens with zero attached hydrogens (tertiary/aromatic N) is 1. The molecule has 8 heteroatoms. The van der Waals surface area contributed by atoms with Gasteiger partial charge in [-0.3, -0.25) is 4.79 Å². The average Bonchev–Trinajstić information content (AvgIpc) is 3.32. The number of benzene rings is 1. The van der Waals surface area contributed by atoms with Crippen LogP contribution in [0.1, 0.15) is 44.0 Å². The van der Waals surface area contributed by atoms with Crippen LogP contribution in [0.2, 0.25) is 5.02 Å². The van der Waals surface area contributed by atoms with E-state index in [1.54, 1.807) is 29.6 Å². The van der Waals surface area contributed by atoms with Crippen molar-refractivity contribution < 1.29 is 19.4 Å². The minimum Gasteiger partial charge on any atom is -0.478 e. The van der Waals surface area contributed by atoms with Gasteiger partial charge < -0.3 is 15.2 Å². The van der Waals surface area contributed by atoms with Gasteiger partial charge in [0.25, 0.3) is 12.1 Å². The zero-order chi connectivity index (χ0) is 21.1. The molecule has 1 amide bonds. The van der Waals surface area contributed by atoms with Crippen LogP contribution < -0.4 is 5.32 Å². The Bertz CT molecular complexity index is 1010. The highest BCUT2D eigenvalue weighted by Crippen LogP contribution is 2.36. The third-order valence-electron chi connectivity index (χ3n) is 4.64. The van der Waals surface area contributed by atoms with Gasteiger partial charge in [0.1, 0.15) is 16.3 Å². The van der Waals surface area contributed by atoms with Gasteiger partial charge in [-0.2, -0.15) is 0 Å². The maximum atomic E-state index is 12.7. The second kappa shape index (κ2) is 8.80. The lowest BCUT2D eigenvalue weighted by Crippen LogP contribution is -2.26. The Morgan fingerprint density at radius 3 is 2.55 bits per heavy atom. The predicted octanol–water partition coefficient (Wildman–Crippen LogP) is 5.60. The van der Waals surface area contributed by atoms with Crippen LogP contribution in [0, 0.1) is 0 Å². The van der Waals surface area contributed by atoms with Crippen molar-refractivity contribution in [2.75, 3.05) is 5.32 Å². The van der Waals surface area contributed by atoms with Crippen molar-refractivity contribution in [2.45, 2.75) is 39.8 Å². The Hall–Kier alpha value is -2.64. The van der Waals surface area contributed by atoms with Gasteiger partial charge in [-0.1, -0.05) is 37.6 Å². The van der Waals surface area contributed by atoms with Gasteiger partial charge in [-0.25, -0.2) is 9.79 Å². The first-order valence-corrected chi connectivity index (χ1v) is 10.5. The van der Waals surface area contributed by atoms with E-state index in [-0.39, 0.29) is 10.6 Å². The lowest BCUT2D eigenvalue weighted by atomic mass is 10.0. The van der Waals surface area contributed by atoms with Crippen molar-refractivity contribution >= 4 is 45.5 Å². The van der Waals surface area contributed by atoms with Gasteiger partial charge in [0.2, 0.25) is 0 Å². The van der Waals surface area contributed by atoms with E-state index in [1.807, 2.05) is 20.8 Å². The summed E-state index contributed by atoms with van der Waals surface area (Å²) in [5.74, 6) is -0.970. The average molecular weight is 433 g/mol. The third kappa shape index (κ3) is 4.36. The lowest BCUT2D eigenvalue weighted by Gasteiger charge is -2.11. The third-order valence-corrected chi connectivity index (χ3v) is 5.79. The Morgan fingerprint density at radius 1 is 1.28 bits per heavy atom. The number of aliphatic imine (C=N–C) groups is 1. The standard InChI is InChI=1S/C21H21ClN2O4S/c1-4-11(3)17-15(5-2)23-19(28-17)18(25)24-20-16(21(26)27)14(10-29-20)12-6-8-13(22)9-7-12/h6-10,19H,4-5H2,1-3H3,(H,24,25)(H,26,27)/b17-11+. The largest absolute Gasteiger partial charge is 0.478 e. The van der Waals surface area contributed by atoms with E-state index < -0.39 is 18.1 Å². The maximum Gasteiger partial charge on any atom is 0.339 e. The zero-order valence-corrected chi connectivity index (χ0v) is 17.9. The number of carboxylic acids is 1. The predicted molar refractivity (Wildman–Crippen MR) is 116 cm³/mol. The number of anilines is 1. The number of thiophene rings is 1. The molecule has 1 aromatic carbocycles. The summed E-state index contributed by atoms with van der Waals surface area (Å²) in [5.41, 5.74) is 3.02. The molecule has 0 radical (unpaired) electrons. The number of nitrogens with one attached hydrogen (secondary N) is 1. The van der Waals surface area contributed by atoms with Crippen LogP contribution >= 0.6 is 22.9 Å². The fourth-order valence-electron chi connectivity index (χ4n) is 2.96. The molecule has 2 N–H and O–H groups in total. The molecule has 1 atom stereocenters. The number of hydrogen-bond donors (Lipinski definition) is 2. The highest BCUT2D eigenvalue weighted by molar-refractivity contribution is 7.15. The Labute approximate surface area is 177 Å². The molecule has 1 unspecified atom stereocenters. The van der Waals surface area contributed by atoms with Crippen molar-refractivity contribution in [3.63, 3.8) is 0 Å². The van der Waals surface area contributed by atoms with Crippen LogP contribution in [-0.2, 0) is 9.53 Å². The number of allylic oxidation sites excluding steroid dienone is 2. The summed E-state index contributed by atoms with van der Waals surface area (Å²) >= 11 is 7.06. The molecule has 0 bridgehead atoms. The number of carbonyl (C=O) groups is 2. The summed E-state index contributed by atoms with van der Waals surface area (Å²) in [6, 6.07) is 6.86. The van der Waals surface area contributed by atoms with Gasteiger partial charge in [0.15, 0.2) is 0 Å². The van der Waals surface area contributed by atoms with Gasteiger partial charge in [-0.15, -0.1) is 11.3 Å². The first-order chi connectivity index (χ1) is 13.8. The van der Waals surface area contributed by atoms with Crippen molar-refractivity contribution in [2.24, 2.45) is 4.99 Å². The molecule has 3 rings (SSSR count). The summed E-state index contributed by atoms with van der Waals surface area (Å²) < 4.78 is 5.76. The Morgan fingerprint density at radius 2 is 1.97 bits per heavy atom. The fourth-order valence-corrected chi connectivity index (χ4v) is 4.05. The monoisotopic (exact) mass is 432 g/mol. The minimum absolute atomic E-state index is 0.0314. The summed E-state index contributed by atoms with van der Waals surface area (Å²) in [6.07, 6.45) is 0.418. The second-order valence-corrected chi connectivity index (χ2v) is 7.83. The van der Waals surface area contributed by atoms with E-state index >= 15 is 0 Å². The number of ether oxygens (including phenoxy) is 1. The van der Waals surface area contributed by atoms with Crippen LogP contribution in [0.3, 0.4) is 0 Å². The molecule has 1 aromatic heterocycles. The van der Waals surface area contributed by atoms with Crippen molar-refractivity contribution in [1.29, 1.82) is 0 Å². The smallest absolute Gasteiger partial charge is 0.339 e. The maximum absolute atomic E-state index is 12.7. The second-order valence-electron chi connectivity index (χ2n) is 6.52. The molecule has 1 aliphatic rings. The van der Waals surface area contributed by atoms with Crippen LogP contribution in [0.25, 0.3) is 11.1 Å². The highest BCUT2D eigenvalue weighted by atomic mass is 35.5. The van der Waals surface area contributed by atoms with Crippen molar-refractivity contribution in [3.8, 4) is 11.1 Å². The first kappa shape index (κ1) is 21.1. The van der Waals surface area contributed by atoms with E-state index in [4.69, 9.17) is 16.3 Å². The first-order valence-electron chi connectivity index (χ1n) is 9.20. The summed E-state index contributed by atoms with van der Waals surface area (Å²) in [6.45, 7) is 5.90.